The molecule has 0 aromatic heterocycles. The van der Waals surface area contributed by atoms with Crippen LogP contribution in [0.15, 0.2) is 23.1 Å². The van der Waals surface area contributed by atoms with Gasteiger partial charge in [-0.1, -0.05) is 0 Å². The van der Waals surface area contributed by atoms with Crippen LogP contribution in [0.3, 0.4) is 0 Å². The zero-order valence-electron chi connectivity index (χ0n) is 15.0. The second-order valence-electron chi connectivity index (χ2n) is 5.94. The summed E-state index contributed by atoms with van der Waals surface area (Å²) < 4.78 is 37.4. The Hall–Kier alpha value is -1.68. The van der Waals surface area contributed by atoms with E-state index in [0.29, 0.717) is 37.6 Å². The number of likely N-dealkylation sites (N-methyl/N-ethyl adjacent to an activating group) is 1. The Morgan fingerprint density at radius 1 is 1.20 bits per heavy atom. The lowest BCUT2D eigenvalue weighted by molar-refractivity contribution is -0.124. The molecule has 1 aliphatic rings. The molecule has 0 saturated carbocycles. The number of methoxy groups -OCH3 is 2. The van der Waals surface area contributed by atoms with E-state index < -0.39 is 16.1 Å². The summed E-state index contributed by atoms with van der Waals surface area (Å²) in [6.07, 6.45) is -0.664. The third kappa shape index (κ3) is 4.49. The molecule has 0 spiro atoms. The average Bonchev–Trinajstić information content (AvgIpc) is 2.61. The molecular weight excluding hydrogens is 346 g/mol. The number of carbonyl (C=O) groups excluding carboxylic acids is 1. The molecule has 0 radical (unpaired) electrons. The highest BCUT2D eigenvalue weighted by atomic mass is 32.2. The Labute approximate surface area is 148 Å². The molecule has 0 unspecified atom stereocenters. The van der Waals surface area contributed by atoms with Gasteiger partial charge in [0.25, 0.3) is 5.91 Å². The van der Waals surface area contributed by atoms with Crippen molar-refractivity contribution in [1.82, 2.24) is 9.21 Å². The van der Waals surface area contributed by atoms with Crippen molar-refractivity contribution in [2.45, 2.75) is 17.9 Å². The quantitative estimate of drug-likeness (QED) is 0.788. The number of rotatable bonds is 6. The number of benzene rings is 1. The van der Waals surface area contributed by atoms with Crippen LogP contribution >= 0.6 is 0 Å². The number of nitrogens with one attached hydrogen (secondary N) is 1. The number of anilines is 1. The Morgan fingerprint density at radius 3 is 2.40 bits per heavy atom. The van der Waals surface area contributed by atoms with E-state index in [1.54, 1.807) is 6.92 Å². The van der Waals surface area contributed by atoms with E-state index >= 15 is 0 Å². The first kappa shape index (κ1) is 19.6. The molecule has 1 atom stereocenters. The highest BCUT2D eigenvalue weighted by Gasteiger charge is 2.28. The smallest absolute Gasteiger partial charge is 0.253 e. The van der Waals surface area contributed by atoms with Crippen LogP contribution in [-0.2, 0) is 19.6 Å². The minimum absolute atomic E-state index is 0.123. The van der Waals surface area contributed by atoms with Crippen molar-refractivity contribution in [2.24, 2.45) is 0 Å². The van der Waals surface area contributed by atoms with Crippen molar-refractivity contribution in [2.75, 3.05) is 52.8 Å². The van der Waals surface area contributed by atoms with Gasteiger partial charge in [0.1, 0.15) is 11.9 Å². The van der Waals surface area contributed by atoms with Crippen LogP contribution in [0.1, 0.15) is 6.92 Å². The van der Waals surface area contributed by atoms with Gasteiger partial charge in [-0.2, -0.15) is 4.31 Å². The predicted octanol–water partition coefficient (Wildman–Crippen LogP) is 0.605. The fourth-order valence-corrected chi connectivity index (χ4v) is 3.91. The number of amides is 1. The van der Waals surface area contributed by atoms with Crippen LogP contribution in [0, 0.1) is 0 Å². The molecule has 2 rings (SSSR count). The summed E-state index contributed by atoms with van der Waals surface area (Å²) in [5.41, 5.74) is 0.298. The number of hydrogen-bond acceptors (Lipinski definition) is 6. The molecule has 1 aromatic rings. The summed E-state index contributed by atoms with van der Waals surface area (Å²) in [6, 6.07) is 4.45. The Morgan fingerprint density at radius 2 is 1.84 bits per heavy atom. The van der Waals surface area contributed by atoms with Gasteiger partial charge in [0.05, 0.1) is 17.7 Å². The normalized spacial score (nSPS) is 17.9. The minimum atomic E-state index is -3.63. The highest BCUT2D eigenvalue weighted by molar-refractivity contribution is 7.89. The first-order valence-electron chi connectivity index (χ1n) is 8.00. The van der Waals surface area contributed by atoms with Gasteiger partial charge in [-0.3, -0.25) is 4.79 Å². The Kier molecular flexibility index (Phi) is 6.39. The van der Waals surface area contributed by atoms with Gasteiger partial charge in [0, 0.05) is 33.3 Å². The van der Waals surface area contributed by atoms with Gasteiger partial charge < -0.3 is 19.7 Å². The van der Waals surface area contributed by atoms with E-state index in [1.807, 2.05) is 7.05 Å². The Bertz CT molecular complexity index is 714. The molecular formula is C16H25N3O5S. The number of hydrogen-bond donors (Lipinski definition) is 1. The van der Waals surface area contributed by atoms with Gasteiger partial charge in [0.2, 0.25) is 10.0 Å². The third-order valence-electron chi connectivity index (χ3n) is 4.25. The fraction of sp³-hybridized carbons (Fsp3) is 0.562. The summed E-state index contributed by atoms with van der Waals surface area (Å²) in [5.74, 6) is 0.00364. The number of ether oxygens (including phenoxy) is 2. The average molecular weight is 371 g/mol. The van der Waals surface area contributed by atoms with Crippen molar-refractivity contribution in [3.05, 3.63) is 18.2 Å². The van der Waals surface area contributed by atoms with Gasteiger partial charge in [0.15, 0.2) is 0 Å². The molecule has 0 aliphatic carbocycles. The molecule has 1 amide bonds. The van der Waals surface area contributed by atoms with Gasteiger partial charge >= 0.3 is 0 Å². The van der Waals surface area contributed by atoms with E-state index in [1.165, 1.54) is 36.7 Å². The summed E-state index contributed by atoms with van der Waals surface area (Å²) in [7, 11) is 1.22. The van der Waals surface area contributed by atoms with Crippen molar-refractivity contribution in [3.8, 4) is 5.75 Å². The van der Waals surface area contributed by atoms with E-state index in [4.69, 9.17) is 9.47 Å². The molecule has 1 heterocycles. The standard InChI is InChI=1S/C16H25N3O5S/c1-12(23-3)16(20)17-14-11-13(5-6-15(14)24-4)25(21,22)19-9-7-18(2)8-10-19/h5-6,11-12H,7-10H2,1-4H3,(H,17,20)/t12-/m1/s1. The summed E-state index contributed by atoms with van der Waals surface area (Å²) in [4.78, 5) is 14.3. The second-order valence-corrected chi connectivity index (χ2v) is 7.87. The number of piperazine rings is 1. The number of nitrogens with zero attached hydrogens (tertiary/aromatic N) is 2. The van der Waals surface area contributed by atoms with Crippen molar-refractivity contribution in [1.29, 1.82) is 0 Å². The molecule has 140 valence electrons. The maximum absolute atomic E-state index is 12.9. The van der Waals surface area contributed by atoms with Gasteiger partial charge in [-0.25, -0.2) is 8.42 Å². The molecule has 25 heavy (non-hydrogen) atoms. The lowest BCUT2D eigenvalue weighted by atomic mass is 10.2. The highest BCUT2D eigenvalue weighted by Crippen LogP contribution is 2.29. The monoisotopic (exact) mass is 371 g/mol. The largest absolute Gasteiger partial charge is 0.495 e. The summed E-state index contributed by atoms with van der Waals surface area (Å²) in [5, 5.41) is 2.65. The Balaban J connectivity index is 2.29. The molecule has 1 fully saturated rings. The third-order valence-corrected chi connectivity index (χ3v) is 6.15. The fourth-order valence-electron chi connectivity index (χ4n) is 2.46. The van der Waals surface area contributed by atoms with E-state index in [0.717, 1.165) is 0 Å². The number of carbonyl (C=O) groups is 1. The lowest BCUT2D eigenvalue weighted by Gasteiger charge is -2.31. The van der Waals surface area contributed by atoms with Crippen LogP contribution in [0.5, 0.6) is 5.75 Å². The van der Waals surface area contributed by atoms with E-state index in [9.17, 15) is 13.2 Å². The molecule has 9 heteroatoms. The zero-order valence-corrected chi connectivity index (χ0v) is 15.8. The molecule has 1 N–H and O–H groups in total. The first-order chi connectivity index (χ1) is 11.8. The zero-order chi connectivity index (χ0) is 18.6. The van der Waals surface area contributed by atoms with Crippen molar-refractivity contribution in [3.63, 3.8) is 0 Å². The van der Waals surface area contributed by atoms with Crippen LogP contribution in [-0.4, -0.2) is 77.1 Å². The van der Waals surface area contributed by atoms with Gasteiger partial charge in [-0.05, 0) is 32.2 Å². The molecule has 1 saturated heterocycles. The maximum Gasteiger partial charge on any atom is 0.253 e. The minimum Gasteiger partial charge on any atom is -0.495 e. The topological polar surface area (TPSA) is 88.2 Å². The number of sulfonamides is 1. The van der Waals surface area contributed by atoms with E-state index in [2.05, 4.69) is 10.2 Å². The first-order valence-corrected chi connectivity index (χ1v) is 9.44. The van der Waals surface area contributed by atoms with E-state index in [-0.39, 0.29) is 10.8 Å². The van der Waals surface area contributed by atoms with Gasteiger partial charge in [-0.15, -0.1) is 0 Å². The second kappa shape index (κ2) is 8.13. The van der Waals surface area contributed by atoms with Crippen LogP contribution in [0.4, 0.5) is 5.69 Å². The molecule has 1 aromatic carbocycles. The predicted molar refractivity (Wildman–Crippen MR) is 94.4 cm³/mol. The van der Waals surface area contributed by atoms with Crippen LogP contribution in [0.2, 0.25) is 0 Å². The maximum atomic E-state index is 12.9. The lowest BCUT2D eigenvalue weighted by Crippen LogP contribution is -2.47. The summed E-state index contributed by atoms with van der Waals surface area (Å²) >= 11 is 0. The SMILES string of the molecule is COc1ccc(S(=O)(=O)N2CCN(C)CC2)cc1NC(=O)[C@@H](C)OC. The van der Waals surface area contributed by atoms with Crippen molar-refractivity contribution >= 4 is 21.6 Å². The molecule has 8 nitrogen and oxygen atoms in total. The molecule has 1 aliphatic heterocycles. The summed E-state index contributed by atoms with van der Waals surface area (Å²) in [6.45, 7) is 3.85. The van der Waals surface area contributed by atoms with Crippen LogP contribution in [0.25, 0.3) is 0 Å². The molecule has 0 bridgehead atoms. The van der Waals surface area contributed by atoms with Crippen molar-refractivity contribution < 1.29 is 22.7 Å². The van der Waals surface area contributed by atoms with Crippen LogP contribution < -0.4 is 10.1 Å².